The number of hydrogen-bond donors (Lipinski definition) is 0. The summed E-state index contributed by atoms with van der Waals surface area (Å²) < 4.78 is 4.88. The van der Waals surface area contributed by atoms with Gasteiger partial charge in [-0.2, -0.15) is 0 Å². The summed E-state index contributed by atoms with van der Waals surface area (Å²) in [5.74, 6) is 0. The van der Waals surface area contributed by atoms with Gasteiger partial charge >= 0.3 is 0 Å². The molecule has 0 atom stereocenters. The molecule has 392 valence electrons. The molecule has 1 aliphatic carbocycles. The zero-order valence-corrected chi connectivity index (χ0v) is 46.2. The average molecular weight is 1060 g/mol. The van der Waals surface area contributed by atoms with Crippen LogP contribution in [0.1, 0.15) is 25.0 Å². The molecular weight excluding hydrogens is 1000 g/mol. The SMILES string of the molecule is CC1(C)c2ccccc2-c2ccc(N(c3cc(-c4cc5c(c6ccccc46)c4ccccc4n5-c4ccccc4)cc(N(c4ccccc4)c4ccc(-c5ccccc5)cc4)c3)c3ccc4c5ccccc5n(-c5ccccc5)c4c3)cc21. The molecule has 13 aromatic carbocycles. The quantitative estimate of drug-likeness (QED) is 0.136. The predicted molar refractivity (Wildman–Crippen MR) is 350 cm³/mol. The Morgan fingerprint density at radius 2 is 0.723 bits per heavy atom. The lowest BCUT2D eigenvalue weighted by molar-refractivity contribution is 0.660. The van der Waals surface area contributed by atoms with Crippen LogP contribution in [0.2, 0.25) is 0 Å². The molecule has 2 heterocycles. The summed E-state index contributed by atoms with van der Waals surface area (Å²) in [5.41, 5.74) is 22.8. The Morgan fingerprint density at radius 1 is 0.253 bits per heavy atom. The van der Waals surface area contributed by atoms with E-state index in [4.69, 9.17) is 0 Å². The molecule has 0 radical (unpaired) electrons. The van der Waals surface area contributed by atoms with E-state index in [-0.39, 0.29) is 5.41 Å². The third-order valence-corrected chi connectivity index (χ3v) is 17.4. The van der Waals surface area contributed by atoms with Gasteiger partial charge < -0.3 is 18.9 Å². The molecule has 15 aromatic rings. The number of anilines is 6. The molecule has 1 aliphatic rings. The summed E-state index contributed by atoms with van der Waals surface area (Å²) in [7, 11) is 0. The highest BCUT2D eigenvalue weighted by atomic mass is 15.2. The van der Waals surface area contributed by atoms with Gasteiger partial charge in [-0.1, -0.05) is 208 Å². The van der Waals surface area contributed by atoms with Crippen LogP contribution in [-0.4, -0.2) is 9.13 Å². The van der Waals surface area contributed by atoms with Crippen LogP contribution in [0.3, 0.4) is 0 Å². The number of nitrogens with zero attached hydrogens (tertiary/aromatic N) is 4. The van der Waals surface area contributed by atoms with Crippen molar-refractivity contribution in [1.82, 2.24) is 9.13 Å². The number of para-hydroxylation sites is 5. The highest BCUT2D eigenvalue weighted by Gasteiger charge is 2.36. The van der Waals surface area contributed by atoms with Gasteiger partial charge in [0.2, 0.25) is 0 Å². The van der Waals surface area contributed by atoms with Crippen molar-refractivity contribution in [1.29, 1.82) is 0 Å². The standard InChI is InChI=1S/C79H56N4/c1-79(2)72-36-20-17-32-65(72)66-45-43-60(50-73(66)79)81(61-44-46-68-67-33-18-21-37-74(67)82(76(68)51-61)57-27-11-5-12-28-57)63-48-55(47-62(49-63)80(56-25-9-4-10-26-56)59-41-39-54(40-42-59)53-23-7-3-8-24-53)71-52-77-78(69-34-16-15-31-64(69)71)70-35-19-22-38-75(70)83(77)58-29-13-6-14-30-58/h3-52H,1-2H3. The monoisotopic (exact) mass is 1060 g/mol. The summed E-state index contributed by atoms with van der Waals surface area (Å²) in [6.07, 6.45) is 0. The fourth-order valence-electron chi connectivity index (χ4n) is 13.6. The van der Waals surface area contributed by atoms with Crippen molar-refractivity contribution in [3.05, 3.63) is 314 Å². The Bertz CT molecular complexity index is 4980. The van der Waals surface area contributed by atoms with Crippen LogP contribution in [0.25, 0.3) is 99.1 Å². The topological polar surface area (TPSA) is 16.3 Å². The smallest absolute Gasteiger partial charge is 0.0561 e. The molecule has 0 unspecified atom stereocenters. The Morgan fingerprint density at radius 3 is 1.42 bits per heavy atom. The van der Waals surface area contributed by atoms with Crippen LogP contribution < -0.4 is 9.80 Å². The lowest BCUT2D eigenvalue weighted by atomic mass is 9.82. The molecule has 0 spiro atoms. The maximum Gasteiger partial charge on any atom is 0.0561 e. The van der Waals surface area contributed by atoms with E-state index in [1.807, 2.05) is 0 Å². The highest BCUT2D eigenvalue weighted by Crippen LogP contribution is 2.53. The number of rotatable bonds is 10. The van der Waals surface area contributed by atoms with Crippen molar-refractivity contribution in [2.75, 3.05) is 9.80 Å². The predicted octanol–water partition coefficient (Wildman–Crippen LogP) is 21.6. The van der Waals surface area contributed by atoms with Gasteiger partial charge in [0.1, 0.15) is 0 Å². The van der Waals surface area contributed by atoms with Crippen LogP contribution >= 0.6 is 0 Å². The second-order valence-electron chi connectivity index (χ2n) is 22.5. The van der Waals surface area contributed by atoms with E-state index in [0.29, 0.717) is 0 Å². The van der Waals surface area contributed by atoms with E-state index in [1.165, 1.54) is 76.7 Å². The van der Waals surface area contributed by atoms with Crippen molar-refractivity contribution in [3.8, 4) is 44.8 Å². The first-order chi connectivity index (χ1) is 40.9. The Hall–Kier alpha value is -10.7. The van der Waals surface area contributed by atoms with E-state index in [9.17, 15) is 0 Å². The van der Waals surface area contributed by atoms with Gasteiger partial charge in [-0.05, 0) is 164 Å². The van der Waals surface area contributed by atoms with Crippen LogP contribution in [0, 0.1) is 0 Å². The van der Waals surface area contributed by atoms with Gasteiger partial charge in [0.05, 0.1) is 22.1 Å². The maximum absolute atomic E-state index is 2.52. The maximum atomic E-state index is 2.52. The minimum absolute atomic E-state index is 0.230. The summed E-state index contributed by atoms with van der Waals surface area (Å²) in [5, 5.41) is 7.30. The van der Waals surface area contributed by atoms with Gasteiger partial charge in [-0.15, -0.1) is 0 Å². The summed E-state index contributed by atoms with van der Waals surface area (Å²) in [4.78, 5) is 4.95. The second kappa shape index (κ2) is 19.3. The first-order valence-corrected chi connectivity index (χ1v) is 28.7. The third-order valence-electron chi connectivity index (χ3n) is 17.4. The molecule has 0 aliphatic heterocycles. The summed E-state index contributed by atoms with van der Waals surface area (Å²) >= 11 is 0. The molecule has 0 amide bonds. The fraction of sp³-hybridized carbons (Fsp3) is 0.0380. The minimum Gasteiger partial charge on any atom is -0.310 e. The van der Waals surface area contributed by atoms with Gasteiger partial charge in [0.25, 0.3) is 0 Å². The largest absolute Gasteiger partial charge is 0.310 e. The normalized spacial score (nSPS) is 12.6. The van der Waals surface area contributed by atoms with Crippen molar-refractivity contribution in [2.45, 2.75) is 19.3 Å². The van der Waals surface area contributed by atoms with Gasteiger partial charge in [0, 0.05) is 72.5 Å². The lowest BCUT2D eigenvalue weighted by Gasteiger charge is -2.31. The van der Waals surface area contributed by atoms with Gasteiger partial charge in [-0.3, -0.25) is 0 Å². The van der Waals surface area contributed by atoms with Crippen molar-refractivity contribution >= 4 is 88.5 Å². The molecule has 0 saturated heterocycles. The molecule has 16 rings (SSSR count). The van der Waals surface area contributed by atoms with Crippen molar-refractivity contribution < 1.29 is 0 Å². The molecule has 83 heavy (non-hydrogen) atoms. The summed E-state index contributed by atoms with van der Waals surface area (Å²) in [6, 6.07) is 112. The lowest BCUT2D eigenvalue weighted by Crippen LogP contribution is -2.17. The van der Waals surface area contributed by atoms with Crippen molar-refractivity contribution in [2.24, 2.45) is 0 Å². The number of benzene rings is 13. The first-order valence-electron chi connectivity index (χ1n) is 28.7. The molecule has 0 fully saturated rings. The van der Waals surface area contributed by atoms with Crippen LogP contribution in [0.4, 0.5) is 34.1 Å². The zero-order valence-electron chi connectivity index (χ0n) is 46.2. The van der Waals surface area contributed by atoms with Crippen LogP contribution in [0.5, 0.6) is 0 Å². The molecule has 4 nitrogen and oxygen atoms in total. The fourth-order valence-corrected chi connectivity index (χ4v) is 13.6. The van der Waals surface area contributed by atoms with E-state index in [1.54, 1.807) is 0 Å². The Labute approximate surface area is 483 Å². The van der Waals surface area contributed by atoms with Gasteiger partial charge in [0.15, 0.2) is 0 Å². The number of fused-ring (bicyclic) bond motifs is 11. The minimum atomic E-state index is -0.230. The zero-order chi connectivity index (χ0) is 55.2. The molecule has 0 saturated carbocycles. The highest BCUT2D eigenvalue weighted by molar-refractivity contribution is 6.24. The van der Waals surface area contributed by atoms with E-state index < -0.39 is 0 Å². The Balaban J connectivity index is 1.01. The second-order valence-corrected chi connectivity index (χ2v) is 22.5. The van der Waals surface area contributed by atoms with E-state index in [2.05, 4.69) is 336 Å². The van der Waals surface area contributed by atoms with Gasteiger partial charge in [-0.25, -0.2) is 0 Å². The van der Waals surface area contributed by atoms with E-state index >= 15 is 0 Å². The van der Waals surface area contributed by atoms with Crippen LogP contribution in [-0.2, 0) is 5.41 Å². The molecule has 2 aromatic heterocycles. The van der Waals surface area contributed by atoms with Crippen LogP contribution in [0.15, 0.2) is 303 Å². The number of hydrogen-bond acceptors (Lipinski definition) is 2. The molecule has 4 heteroatoms. The molecular formula is C79H56N4. The first kappa shape index (κ1) is 48.2. The average Bonchev–Trinajstić information content (AvgIpc) is 2.25. The summed E-state index contributed by atoms with van der Waals surface area (Å²) in [6.45, 7) is 4.76. The number of aromatic nitrogens is 2. The molecule has 0 N–H and O–H groups in total. The third kappa shape index (κ3) is 7.82. The Kier molecular flexibility index (Phi) is 11.2. The van der Waals surface area contributed by atoms with Crippen molar-refractivity contribution in [3.63, 3.8) is 0 Å². The van der Waals surface area contributed by atoms with E-state index in [0.717, 1.165) is 67.7 Å². The molecule has 0 bridgehead atoms.